The van der Waals surface area contributed by atoms with E-state index in [0.717, 1.165) is 85.8 Å². The third-order valence-electron chi connectivity index (χ3n) is 9.74. The van der Waals surface area contributed by atoms with Crippen LogP contribution in [-0.2, 0) is 14.3 Å². The fourth-order valence-electron chi connectivity index (χ4n) is 6.71. The number of hydrogen-bond acceptors (Lipinski definition) is 7. The van der Waals surface area contributed by atoms with Crippen molar-refractivity contribution in [2.45, 2.75) is 31.7 Å². The first kappa shape index (κ1) is 32.9. The Morgan fingerprint density at radius 2 is 1.48 bits per heavy atom. The average Bonchev–Trinajstić information content (AvgIpc) is 3.68. The highest BCUT2D eigenvalue weighted by atomic mass is 16.5. The minimum Gasteiger partial charge on any atom is -0.453 e. The lowest BCUT2D eigenvalue weighted by molar-refractivity contribution is -0.133. The molecule has 1 aliphatic carbocycles. The molecule has 3 N–H and O–H groups in total. The van der Waals surface area contributed by atoms with Gasteiger partial charge in [-0.3, -0.25) is 14.4 Å². The molecule has 1 unspecified atom stereocenters. The van der Waals surface area contributed by atoms with Crippen molar-refractivity contribution >= 4 is 35.2 Å². The van der Waals surface area contributed by atoms with Crippen LogP contribution in [0.25, 0.3) is 22.4 Å². The number of likely N-dealkylation sites (tertiary alicyclic amines) is 1. The zero-order valence-corrected chi connectivity index (χ0v) is 28.1. The number of anilines is 2. The summed E-state index contributed by atoms with van der Waals surface area (Å²) in [6.07, 6.45) is 4.86. The number of rotatable bonds is 9. The number of carbonyl (C=O) groups is 4. The van der Waals surface area contributed by atoms with Gasteiger partial charge in [0.1, 0.15) is 12.4 Å². The van der Waals surface area contributed by atoms with Crippen LogP contribution in [0.3, 0.4) is 0 Å². The molecule has 4 aromatic rings. The third-order valence-corrected chi connectivity index (χ3v) is 9.74. The summed E-state index contributed by atoms with van der Waals surface area (Å²) in [6, 6.07) is 23.4. The quantitative estimate of drug-likeness (QED) is 0.225. The number of imidazole rings is 1. The standard InChI is InChI=1S/C38H41N7O5/c1-50-38(49)40-24-34(46)45-18-2-3-33(45)35-39-23-32(42-35)27-6-4-25(5-7-27)26-10-14-30(15-11-26)41-36(47)28-12-16-31(17-13-28)43-19-21-44(22-20-43)37(48)29-8-9-29/h4-7,10-17,23,29,33H,2-3,8-9,18-22,24H2,1H3,(H,39,42)(H,40,49)(H,41,47). The van der Waals surface area contributed by atoms with E-state index in [2.05, 4.69) is 30.2 Å². The predicted molar refractivity (Wildman–Crippen MR) is 189 cm³/mol. The van der Waals surface area contributed by atoms with Crippen LogP contribution < -0.4 is 15.5 Å². The maximum Gasteiger partial charge on any atom is 0.407 e. The molecule has 1 saturated carbocycles. The Morgan fingerprint density at radius 1 is 0.820 bits per heavy atom. The Bertz CT molecular complexity index is 1840. The molecular weight excluding hydrogens is 634 g/mol. The van der Waals surface area contributed by atoms with Gasteiger partial charge in [0.25, 0.3) is 5.91 Å². The van der Waals surface area contributed by atoms with Gasteiger partial charge in [0, 0.05) is 55.6 Å². The summed E-state index contributed by atoms with van der Waals surface area (Å²) in [6.45, 7) is 3.57. The van der Waals surface area contributed by atoms with Gasteiger partial charge in [-0.1, -0.05) is 36.4 Å². The van der Waals surface area contributed by atoms with Crippen LogP contribution >= 0.6 is 0 Å². The topological polar surface area (TPSA) is 140 Å². The van der Waals surface area contributed by atoms with Gasteiger partial charge in [0.15, 0.2) is 0 Å². The second-order valence-electron chi connectivity index (χ2n) is 13.0. The highest BCUT2D eigenvalue weighted by molar-refractivity contribution is 6.04. The number of nitrogens with zero attached hydrogens (tertiary/aromatic N) is 4. The molecule has 0 spiro atoms. The molecule has 2 saturated heterocycles. The van der Waals surface area contributed by atoms with Crippen LogP contribution in [0.5, 0.6) is 0 Å². The van der Waals surface area contributed by atoms with E-state index >= 15 is 0 Å². The van der Waals surface area contributed by atoms with E-state index in [4.69, 9.17) is 0 Å². The van der Waals surface area contributed by atoms with Gasteiger partial charge in [0.05, 0.1) is 25.0 Å². The highest BCUT2D eigenvalue weighted by Gasteiger charge is 2.35. The average molecular weight is 676 g/mol. The molecular formula is C38H41N7O5. The van der Waals surface area contributed by atoms with Crippen LogP contribution in [-0.4, -0.2) is 90.0 Å². The molecule has 0 bridgehead atoms. The summed E-state index contributed by atoms with van der Waals surface area (Å²) in [5.41, 5.74) is 6.22. The molecule has 258 valence electrons. The Labute approximate surface area is 290 Å². The summed E-state index contributed by atoms with van der Waals surface area (Å²) < 4.78 is 4.56. The number of alkyl carbamates (subject to hydrolysis) is 1. The zero-order valence-electron chi connectivity index (χ0n) is 28.1. The first-order valence-corrected chi connectivity index (χ1v) is 17.2. The molecule has 1 aromatic heterocycles. The van der Waals surface area contributed by atoms with E-state index in [1.165, 1.54) is 7.11 Å². The number of H-pyrrole nitrogens is 1. The van der Waals surface area contributed by atoms with Gasteiger partial charge in [-0.2, -0.15) is 0 Å². The minimum atomic E-state index is -0.636. The minimum absolute atomic E-state index is 0.121. The number of piperazine rings is 1. The van der Waals surface area contributed by atoms with Crippen LogP contribution in [0.4, 0.5) is 16.2 Å². The lowest BCUT2D eigenvalue weighted by Crippen LogP contribution is -2.49. The molecule has 3 heterocycles. The third kappa shape index (κ3) is 7.34. The molecule has 12 heteroatoms. The van der Waals surface area contributed by atoms with Crippen molar-refractivity contribution in [3.63, 3.8) is 0 Å². The second kappa shape index (κ2) is 14.5. The lowest BCUT2D eigenvalue weighted by Gasteiger charge is -2.36. The van der Waals surface area contributed by atoms with Crippen molar-refractivity contribution in [2.75, 3.05) is 56.6 Å². The first-order chi connectivity index (χ1) is 24.4. The summed E-state index contributed by atoms with van der Waals surface area (Å²) in [5.74, 6) is 0.936. The van der Waals surface area contributed by atoms with Gasteiger partial charge < -0.3 is 35.1 Å². The van der Waals surface area contributed by atoms with E-state index in [1.54, 1.807) is 11.1 Å². The van der Waals surface area contributed by atoms with Crippen LogP contribution in [0, 0.1) is 5.92 Å². The first-order valence-electron chi connectivity index (χ1n) is 17.2. The molecule has 3 fully saturated rings. The molecule has 3 aliphatic rings. The Balaban J connectivity index is 0.918. The molecule has 2 aliphatic heterocycles. The maximum atomic E-state index is 13.0. The van der Waals surface area contributed by atoms with E-state index in [9.17, 15) is 19.2 Å². The summed E-state index contributed by atoms with van der Waals surface area (Å²) >= 11 is 0. The van der Waals surface area contributed by atoms with Crippen LogP contribution in [0.1, 0.15) is 47.9 Å². The number of methoxy groups -OCH3 is 1. The predicted octanol–water partition coefficient (Wildman–Crippen LogP) is 5.07. The Kier molecular flexibility index (Phi) is 9.50. The van der Waals surface area contributed by atoms with Crippen LogP contribution in [0.15, 0.2) is 79.0 Å². The van der Waals surface area contributed by atoms with E-state index in [-0.39, 0.29) is 30.3 Å². The number of aromatic amines is 1. The van der Waals surface area contributed by atoms with E-state index < -0.39 is 6.09 Å². The molecule has 12 nitrogen and oxygen atoms in total. The van der Waals surface area contributed by atoms with Crippen molar-refractivity contribution in [1.82, 2.24) is 25.1 Å². The normalized spacial score (nSPS) is 17.4. The zero-order chi connectivity index (χ0) is 34.6. The molecule has 1 atom stereocenters. The highest BCUT2D eigenvalue weighted by Crippen LogP contribution is 2.33. The van der Waals surface area contributed by atoms with Gasteiger partial charge in [-0.15, -0.1) is 0 Å². The van der Waals surface area contributed by atoms with E-state index in [1.807, 2.05) is 77.7 Å². The number of amides is 4. The molecule has 3 aromatic carbocycles. The number of nitrogens with one attached hydrogen (secondary N) is 3. The molecule has 7 rings (SSSR count). The maximum absolute atomic E-state index is 13.0. The van der Waals surface area contributed by atoms with Crippen molar-refractivity contribution in [2.24, 2.45) is 5.92 Å². The smallest absolute Gasteiger partial charge is 0.407 e. The van der Waals surface area contributed by atoms with Crippen molar-refractivity contribution < 1.29 is 23.9 Å². The largest absolute Gasteiger partial charge is 0.453 e. The van der Waals surface area contributed by atoms with E-state index in [0.29, 0.717) is 23.7 Å². The van der Waals surface area contributed by atoms with Gasteiger partial charge in [0.2, 0.25) is 11.8 Å². The number of carbonyl (C=O) groups excluding carboxylic acids is 4. The van der Waals surface area contributed by atoms with Gasteiger partial charge in [-0.25, -0.2) is 9.78 Å². The number of ether oxygens (including phenoxy) is 1. The summed E-state index contributed by atoms with van der Waals surface area (Å²) in [5, 5.41) is 5.45. The molecule has 4 amide bonds. The Morgan fingerprint density at radius 3 is 2.14 bits per heavy atom. The Hall–Kier alpha value is -5.65. The fraction of sp³-hybridized carbons (Fsp3) is 0.342. The lowest BCUT2D eigenvalue weighted by atomic mass is 10.0. The van der Waals surface area contributed by atoms with Crippen molar-refractivity contribution in [3.05, 3.63) is 90.4 Å². The molecule has 0 radical (unpaired) electrons. The summed E-state index contributed by atoms with van der Waals surface area (Å²) in [7, 11) is 1.26. The fourth-order valence-corrected chi connectivity index (χ4v) is 6.71. The SMILES string of the molecule is COC(=O)NCC(=O)N1CCCC1c1ncc(-c2ccc(-c3ccc(NC(=O)c4ccc(N5CCN(C(=O)C6CC6)CC5)cc4)cc3)cc2)[nH]1. The van der Waals surface area contributed by atoms with Gasteiger partial charge in [-0.05, 0) is 78.8 Å². The van der Waals surface area contributed by atoms with Crippen LogP contribution in [0.2, 0.25) is 0 Å². The molecule has 50 heavy (non-hydrogen) atoms. The number of hydrogen-bond donors (Lipinski definition) is 3. The number of benzene rings is 3. The summed E-state index contributed by atoms with van der Waals surface area (Å²) in [4.78, 5) is 63.4. The van der Waals surface area contributed by atoms with Crippen molar-refractivity contribution in [1.29, 1.82) is 0 Å². The number of aromatic nitrogens is 2. The van der Waals surface area contributed by atoms with Gasteiger partial charge >= 0.3 is 6.09 Å². The monoisotopic (exact) mass is 675 g/mol. The second-order valence-corrected chi connectivity index (χ2v) is 13.0. The van der Waals surface area contributed by atoms with Crippen molar-refractivity contribution in [3.8, 4) is 22.4 Å².